The SMILES string of the molecule is C[C@@H]1C[C@@H](C)CN(C(=O)Cn2nc3c4ccccc4nc(C4CC4)n3c2=O)C1. The van der Waals surface area contributed by atoms with Crippen LogP contribution < -0.4 is 5.69 Å². The molecule has 0 N–H and O–H groups in total. The zero-order chi connectivity index (χ0) is 19.4. The van der Waals surface area contributed by atoms with Gasteiger partial charge >= 0.3 is 5.69 Å². The summed E-state index contributed by atoms with van der Waals surface area (Å²) in [6.07, 6.45) is 3.22. The van der Waals surface area contributed by atoms with Gasteiger partial charge in [-0.2, -0.15) is 0 Å². The number of benzene rings is 1. The van der Waals surface area contributed by atoms with Gasteiger partial charge in [-0.25, -0.2) is 18.9 Å². The highest BCUT2D eigenvalue weighted by atomic mass is 16.2. The lowest BCUT2D eigenvalue weighted by molar-refractivity contribution is -0.134. The molecule has 3 heterocycles. The summed E-state index contributed by atoms with van der Waals surface area (Å²) in [5, 5.41) is 5.41. The minimum Gasteiger partial charge on any atom is -0.341 e. The van der Waals surface area contributed by atoms with Crippen molar-refractivity contribution in [2.45, 2.75) is 45.6 Å². The van der Waals surface area contributed by atoms with Gasteiger partial charge in [0.1, 0.15) is 12.4 Å². The van der Waals surface area contributed by atoms with E-state index < -0.39 is 0 Å². The molecule has 1 aliphatic heterocycles. The third kappa shape index (κ3) is 2.89. The largest absolute Gasteiger partial charge is 0.352 e. The minimum atomic E-state index is -0.262. The first-order valence-corrected chi connectivity index (χ1v) is 10.2. The third-order valence-electron chi connectivity index (χ3n) is 5.90. The van der Waals surface area contributed by atoms with E-state index in [0.717, 1.165) is 49.1 Å². The molecule has 2 aromatic heterocycles. The Kier molecular flexibility index (Phi) is 4.00. The monoisotopic (exact) mass is 379 g/mol. The maximum absolute atomic E-state index is 13.1. The fourth-order valence-electron chi connectivity index (χ4n) is 4.54. The Bertz CT molecular complexity index is 1120. The first-order valence-electron chi connectivity index (χ1n) is 10.2. The van der Waals surface area contributed by atoms with Crippen molar-refractivity contribution in [3.05, 3.63) is 40.6 Å². The second-order valence-corrected chi connectivity index (χ2v) is 8.61. The molecule has 146 valence electrons. The molecular weight excluding hydrogens is 354 g/mol. The molecule has 1 saturated carbocycles. The molecule has 7 heteroatoms. The van der Waals surface area contributed by atoms with Crippen molar-refractivity contribution in [2.24, 2.45) is 11.8 Å². The molecule has 0 radical (unpaired) electrons. The van der Waals surface area contributed by atoms with Crippen molar-refractivity contribution >= 4 is 22.5 Å². The number of hydrogen-bond acceptors (Lipinski definition) is 4. The van der Waals surface area contributed by atoms with E-state index in [1.165, 1.54) is 4.68 Å². The average molecular weight is 379 g/mol. The number of hydrogen-bond donors (Lipinski definition) is 0. The van der Waals surface area contributed by atoms with Crippen LogP contribution in [0.2, 0.25) is 0 Å². The van der Waals surface area contributed by atoms with E-state index in [9.17, 15) is 9.59 Å². The first-order chi connectivity index (χ1) is 13.5. The van der Waals surface area contributed by atoms with Gasteiger partial charge in [0.25, 0.3) is 0 Å². The second kappa shape index (κ2) is 6.43. The maximum Gasteiger partial charge on any atom is 0.352 e. The van der Waals surface area contributed by atoms with Crippen LogP contribution in [0.4, 0.5) is 0 Å². The molecule has 1 saturated heterocycles. The number of piperidine rings is 1. The molecule has 0 spiro atoms. The highest BCUT2D eigenvalue weighted by Crippen LogP contribution is 2.39. The summed E-state index contributed by atoms with van der Waals surface area (Å²) in [5.41, 5.74) is 1.19. The van der Waals surface area contributed by atoms with Gasteiger partial charge < -0.3 is 4.90 Å². The predicted octanol–water partition coefficient (Wildman–Crippen LogP) is 2.43. The van der Waals surface area contributed by atoms with Gasteiger partial charge in [0.05, 0.1) is 5.52 Å². The lowest BCUT2D eigenvalue weighted by Crippen LogP contribution is -2.45. The van der Waals surface area contributed by atoms with Crippen molar-refractivity contribution < 1.29 is 4.79 Å². The number of rotatable bonds is 3. The molecule has 0 unspecified atom stereocenters. The van der Waals surface area contributed by atoms with E-state index in [-0.39, 0.29) is 18.1 Å². The Morgan fingerprint density at radius 3 is 2.57 bits per heavy atom. The zero-order valence-corrected chi connectivity index (χ0v) is 16.3. The Labute approximate surface area is 163 Å². The molecule has 1 aromatic carbocycles. The van der Waals surface area contributed by atoms with E-state index in [4.69, 9.17) is 4.98 Å². The topological polar surface area (TPSA) is 72.5 Å². The molecular formula is C21H25N5O2. The van der Waals surface area contributed by atoms with Crippen LogP contribution in [0.3, 0.4) is 0 Å². The van der Waals surface area contributed by atoms with Gasteiger partial charge in [0.15, 0.2) is 5.65 Å². The van der Waals surface area contributed by atoms with Crippen LogP contribution in [0, 0.1) is 11.8 Å². The van der Waals surface area contributed by atoms with Crippen LogP contribution >= 0.6 is 0 Å². The molecule has 2 atom stereocenters. The van der Waals surface area contributed by atoms with Crippen LogP contribution in [0.1, 0.15) is 44.9 Å². The number of nitrogens with zero attached hydrogens (tertiary/aromatic N) is 5. The van der Waals surface area contributed by atoms with Crippen molar-refractivity contribution in [3.63, 3.8) is 0 Å². The number of fused-ring (bicyclic) bond motifs is 3. The fraction of sp³-hybridized carbons (Fsp3) is 0.524. The Hall–Kier alpha value is -2.70. The van der Waals surface area contributed by atoms with Crippen LogP contribution in [-0.4, -0.2) is 43.1 Å². The van der Waals surface area contributed by atoms with Crippen molar-refractivity contribution in [1.29, 1.82) is 0 Å². The number of carbonyl (C=O) groups is 1. The molecule has 2 aliphatic rings. The standard InChI is InChI=1S/C21H25N5O2/c1-13-9-14(2)11-24(10-13)18(27)12-25-21(28)26-19(15-7-8-15)22-17-6-4-3-5-16(17)20(26)23-25/h3-6,13-15H,7-12H2,1-2H3/t13-,14-/m1/s1. The summed E-state index contributed by atoms with van der Waals surface area (Å²) in [6, 6.07) is 7.75. The predicted molar refractivity (Wildman–Crippen MR) is 106 cm³/mol. The molecule has 5 rings (SSSR count). The summed E-state index contributed by atoms with van der Waals surface area (Å²) in [7, 11) is 0. The lowest BCUT2D eigenvalue weighted by atomic mass is 9.92. The molecule has 1 aliphatic carbocycles. The second-order valence-electron chi connectivity index (χ2n) is 8.61. The van der Waals surface area contributed by atoms with Gasteiger partial charge in [0.2, 0.25) is 5.91 Å². The number of carbonyl (C=O) groups excluding carboxylic acids is 1. The third-order valence-corrected chi connectivity index (χ3v) is 5.90. The van der Waals surface area contributed by atoms with E-state index >= 15 is 0 Å². The number of amides is 1. The fourth-order valence-corrected chi connectivity index (χ4v) is 4.54. The van der Waals surface area contributed by atoms with E-state index in [0.29, 0.717) is 23.4 Å². The molecule has 7 nitrogen and oxygen atoms in total. The number of aromatic nitrogens is 4. The Balaban J connectivity index is 1.56. The van der Waals surface area contributed by atoms with E-state index in [1.807, 2.05) is 29.2 Å². The number of likely N-dealkylation sites (tertiary alicyclic amines) is 1. The minimum absolute atomic E-state index is 0.0155. The number of para-hydroxylation sites is 1. The van der Waals surface area contributed by atoms with Crippen LogP contribution in [0.25, 0.3) is 16.6 Å². The van der Waals surface area contributed by atoms with Crippen molar-refractivity contribution in [2.75, 3.05) is 13.1 Å². The highest BCUT2D eigenvalue weighted by molar-refractivity contribution is 5.91. The molecule has 28 heavy (non-hydrogen) atoms. The quantitative estimate of drug-likeness (QED) is 0.701. The average Bonchev–Trinajstić information content (AvgIpc) is 3.46. The molecule has 3 aromatic rings. The van der Waals surface area contributed by atoms with Gasteiger partial charge in [-0.1, -0.05) is 26.0 Å². The molecule has 1 amide bonds. The van der Waals surface area contributed by atoms with Crippen molar-refractivity contribution in [3.8, 4) is 0 Å². The lowest BCUT2D eigenvalue weighted by Gasteiger charge is -2.34. The maximum atomic E-state index is 13.1. The van der Waals surface area contributed by atoms with Crippen LogP contribution in [0.5, 0.6) is 0 Å². The first kappa shape index (κ1) is 17.4. The summed E-state index contributed by atoms with van der Waals surface area (Å²) in [5.74, 6) is 2.02. The Morgan fingerprint density at radius 2 is 1.86 bits per heavy atom. The molecule has 2 fully saturated rings. The highest BCUT2D eigenvalue weighted by Gasteiger charge is 2.31. The zero-order valence-electron chi connectivity index (χ0n) is 16.3. The van der Waals surface area contributed by atoms with Gasteiger partial charge in [-0.05, 0) is 43.2 Å². The summed E-state index contributed by atoms with van der Waals surface area (Å²) in [4.78, 5) is 32.6. The summed E-state index contributed by atoms with van der Waals surface area (Å²) < 4.78 is 2.94. The van der Waals surface area contributed by atoms with Crippen LogP contribution in [-0.2, 0) is 11.3 Å². The van der Waals surface area contributed by atoms with Gasteiger partial charge in [-0.15, -0.1) is 5.10 Å². The summed E-state index contributed by atoms with van der Waals surface area (Å²) in [6.45, 7) is 5.84. The Morgan fingerprint density at radius 1 is 1.14 bits per heavy atom. The van der Waals surface area contributed by atoms with Gasteiger partial charge in [0, 0.05) is 24.4 Å². The van der Waals surface area contributed by atoms with E-state index in [2.05, 4.69) is 18.9 Å². The normalized spacial score (nSPS) is 22.9. The summed E-state index contributed by atoms with van der Waals surface area (Å²) >= 11 is 0. The van der Waals surface area contributed by atoms with E-state index in [1.54, 1.807) is 4.40 Å². The molecule has 0 bridgehead atoms. The van der Waals surface area contributed by atoms with Crippen LogP contribution in [0.15, 0.2) is 29.1 Å². The van der Waals surface area contributed by atoms with Crippen molar-refractivity contribution in [1.82, 2.24) is 24.1 Å². The smallest absolute Gasteiger partial charge is 0.341 e. The van der Waals surface area contributed by atoms with Gasteiger partial charge in [-0.3, -0.25) is 4.79 Å².